The Morgan fingerprint density at radius 3 is 2.44 bits per heavy atom. The van der Waals surface area contributed by atoms with Gasteiger partial charge in [0.2, 0.25) is 5.95 Å². The topological polar surface area (TPSA) is 58.0 Å². The highest BCUT2D eigenvalue weighted by Crippen LogP contribution is 2.13. The van der Waals surface area contributed by atoms with Crippen LogP contribution in [0.4, 0.5) is 5.95 Å². The molecule has 0 radical (unpaired) electrons. The van der Waals surface area contributed by atoms with Crippen molar-refractivity contribution in [2.24, 2.45) is 0 Å². The largest absolute Gasteiger partial charge is 0.504 e. The summed E-state index contributed by atoms with van der Waals surface area (Å²) in [5, 5.41) is 12.5. The predicted molar refractivity (Wildman–Crippen MR) is 74.9 cm³/mol. The summed E-state index contributed by atoms with van der Waals surface area (Å²) in [6.45, 7) is 4.91. The molecule has 0 aliphatic carbocycles. The lowest BCUT2D eigenvalue weighted by Crippen LogP contribution is -2.05. The number of nitrogens with zero attached hydrogens (tertiary/aromatic N) is 2. The molecule has 1 rings (SSSR count). The average molecular weight is 251 g/mol. The minimum Gasteiger partial charge on any atom is -0.504 e. The smallest absolute Gasteiger partial charge is 0.223 e. The van der Waals surface area contributed by atoms with Crippen LogP contribution < -0.4 is 5.32 Å². The van der Waals surface area contributed by atoms with E-state index in [0.717, 1.165) is 13.0 Å². The summed E-state index contributed by atoms with van der Waals surface area (Å²) in [5.74, 6) is 0.757. The fourth-order valence-electron chi connectivity index (χ4n) is 1.83. The molecule has 102 valence electrons. The van der Waals surface area contributed by atoms with Gasteiger partial charge in [0.25, 0.3) is 0 Å². The monoisotopic (exact) mass is 251 g/mol. The summed E-state index contributed by atoms with van der Waals surface area (Å²) < 4.78 is 0. The van der Waals surface area contributed by atoms with Crippen LogP contribution in [0.3, 0.4) is 0 Å². The number of aryl methyl sites for hydroxylation is 1. The molecule has 1 heterocycles. The van der Waals surface area contributed by atoms with Crippen molar-refractivity contribution in [3.8, 4) is 5.75 Å². The Morgan fingerprint density at radius 1 is 1.11 bits per heavy atom. The van der Waals surface area contributed by atoms with Gasteiger partial charge < -0.3 is 10.4 Å². The van der Waals surface area contributed by atoms with Crippen LogP contribution >= 0.6 is 0 Å². The van der Waals surface area contributed by atoms with Crippen molar-refractivity contribution in [3.05, 3.63) is 11.9 Å². The Bertz CT molecular complexity index is 342. The van der Waals surface area contributed by atoms with Crippen molar-refractivity contribution in [3.63, 3.8) is 0 Å². The Morgan fingerprint density at radius 2 is 1.78 bits per heavy atom. The molecule has 0 aromatic carbocycles. The Hall–Kier alpha value is -1.32. The average Bonchev–Trinajstić information content (AvgIpc) is 2.37. The van der Waals surface area contributed by atoms with Crippen LogP contribution in [0.1, 0.15) is 57.6 Å². The molecule has 0 fully saturated rings. The first kappa shape index (κ1) is 14.7. The molecule has 0 unspecified atom stereocenters. The molecule has 0 spiro atoms. The van der Waals surface area contributed by atoms with Crippen molar-refractivity contribution in [1.29, 1.82) is 0 Å². The van der Waals surface area contributed by atoms with E-state index in [2.05, 4.69) is 22.2 Å². The van der Waals surface area contributed by atoms with E-state index in [1.165, 1.54) is 44.7 Å². The van der Waals surface area contributed by atoms with E-state index < -0.39 is 0 Å². The first-order chi connectivity index (χ1) is 8.74. The normalized spacial score (nSPS) is 10.6. The minimum absolute atomic E-state index is 0.150. The van der Waals surface area contributed by atoms with Gasteiger partial charge in [-0.05, 0) is 13.3 Å². The van der Waals surface area contributed by atoms with Crippen LogP contribution in [0.25, 0.3) is 0 Å². The van der Waals surface area contributed by atoms with Crippen molar-refractivity contribution < 1.29 is 5.11 Å². The third kappa shape index (κ3) is 5.84. The van der Waals surface area contributed by atoms with Crippen LogP contribution in [0.15, 0.2) is 6.20 Å². The first-order valence-corrected chi connectivity index (χ1v) is 7.00. The fraction of sp³-hybridized carbons (Fsp3) is 0.714. The second-order valence-corrected chi connectivity index (χ2v) is 4.71. The number of aromatic hydroxyl groups is 1. The summed E-state index contributed by atoms with van der Waals surface area (Å²) in [6, 6.07) is 0. The van der Waals surface area contributed by atoms with E-state index in [9.17, 15) is 5.11 Å². The molecule has 0 amide bonds. The van der Waals surface area contributed by atoms with Crippen LogP contribution in [0.5, 0.6) is 5.75 Å². The maximum atomic E-state index is 9.30. The standard InChI is InChI=1S/C14H25N3O/c1-3-4-5-6-7-8-9-10-15-14-16-11-13(18)12(2)17-14/h11,18H,3-10H2,1-2H3,(H,15,16,17). The Balaban J connectivity index is 2.05. The van der Waals surface area contributed by atoms with E-state index in [0.29, 0.717) is 11.6 Å². The molecule has 0 aliphatic rings. The Kier molecular flexibility index (Phi) is 7.14. The molecule has 4 heteroatoms. The summed E-state index contributed by atoms with van der Waals surface area (Å²) in [4.78, 5) is 8.18. The van der Waals surface area contributed by atoms with Gasteiger partial charge >= 0.3 is 0 Å². The van der Waals surface area contributed by atoms with Crippen molar-refractivity contribution in [1.82, 2.24) is 9.97 Å². The van der Waals surface area contributed by atoms with Crippen molar-refractivity contribution in [2.75, 3.05) is 11.9 Å². The lowest BCUT2D eigenvalue weighted by molar-refractivity contribution is 0.464. The van der Waals surface area contributed by atoms with Gasteiger partial charge in [-0.15, -0.1) is 0 Å². The maximum Gasteiger partial charge on any atom is 0.223 e. The molecule has 0 saturated heterocycles. The van der Waals surface area contributed by atoms with Crippen molar-refractivity contribution in [2.45, 2.75) is 58.8 Å². The van der Waals surface area contributed by atoms with Crippen molar-refractivity contribution >= 4 is 5.95 Å². The number of unbranched alkanes of at least 4 members (excludes halogenated alkanes) is 6. The summed E-state index contributed by atoms with van der Waals surface area (Å²) in [7, 11) is 0. The zero-order valence-corrected chi connectivity index (χ0v) is 11.6. The molecule has 2 N–H and O–H groups in total. The number of rotatable bonds is 9. The number of aromatic nitrogens is 2. The fourth-order valence-corrected chi connectivity index (χ4v) is 1.83. The number of nitrogens with one attached hydrogen (secondary N) is 1. The molecular weight excluding hydrogens is 226 g/mol. The second kappa shape index (κ2) is 8.72. The molecule has 0 saturated carbocycles. The van der Waals surface area contributed by atoms with Crippen LogP contribution in [-0.2, 0) is 0 Å². The molecular formula is C14H25N3O. The van der Waals surface area contributed by atoms with E-state index in [-0.39, 0.29) is 5.75 Å². The molecule has 1 aromatic heterocycles. The van der Waals surface area contributed by atoms with Gasteiger partial charge in [0.1, 0.15) is 0 Å². The van der Waals surface area contributed by atoms with Gasteiger partial charge in [-0.2, -0.15) is 0 Å². The molecule has 0 bridgehead atoms. The second-order valence-electron chi connectivity index (χ2n) is 4.71. The SMILES string of the molecule is CCCCCCCCCNc1ncc(O)c(C)n1. The molecule has 0 aliphatic heterocycles. The molecule has 4 nitrogen and oxygen atoms in total. The highest BCUT2D eigenvalue weighted by Gasteiger charge is 2.00. The third-order valence-corrected chi connectivity index (χ3v) is 3.02. The number of hydrogen-bond acceptors (Lipinski definition) is 4. The highest BCUT2D eigenvalue weighted by molar-refractivity contribution is 5.31. The quantitative estimate of drug-likeness (QED) is 0.658. The van der Waals surface area contributed by atoms with E-state index in [1.807, 2.05) is 0 Å². The van der Waals surface area contributed by atoms with Crippen LogP contribution in [0, 0.1) is 6.92 Å². The summed E-state index contributed by atoms with van der Waals surface area (Å²) in [6.07, 6.45) is 10.5. The molecule has 0 atom stereocenters. The van der Waals surface area contributed by atoms with Crippen LogP contribution in [-0.4, -0.2) is 21.6 Å². The third-order valence-electron chi connectivity index (χ3n) is 3.02. The number of anilines is 1. The lowest BCUT2D eigenvalue weighted by atomic mass is 10.1. The van der Waals surface area contributed by atoms with Gasteiger partial charge in [-0.3, -0.25) is 0 Å². The lowest BCUT2D eigenvalue weighted by Gasteiger charge is -2.06. The molecule has 1 aromatic rings. The number of hydrogen-bond donors (Lipinski definition) is 2. The zero-order chi connectivity index (χ0) is 13.2. The first-order valence-electron chi connectivity index (χ1n) is 7.00. The Labute approximate surface area is 110 Å². The van der Waals surface area contributed by atoms with Gasteiger partial charge in [0.15, 0.2) is 5.75 Å². The molecule has 18 heavy (non-hydrogen) atoms. The zero-order valence-electron chi connectivity index (χ0n) is 11.6. The van der Waals surface area contributed by atoms with E-state index in [1.54, 1.807) is 6.92 Å². The highest BCUT2D eigenvalue weighted by atomic mass is 16.3. The van der Waals surface area contributed by atoms with Gasteiger partial charge in [0, 0.05) is 6.54 Å². The predicted octanol–water partition coefficient (Wildman–Crippen LogP) is 3.65. The summed E-state index contributed by atoms with van der Waals surface area (Å²) in [5.41, 5.74) is 0.618. The van der Waals surface area contributed by atoms with Gasteiger partial charge in [-0.25, -0.2) is 9.97 Å². The van der Waals surface area contributed by atoms with Gasteiger partial charge in [0.05, 0.1) is 11.9 Å². The van der Waals surface area contributed by atoms with Crippen LogP contribution in [0.2, 0.25) is 0 Å². The van der Waals surface area contributed by atoms with E-state index >= 15 is 0 Å². The summed E-state index contributed by atoms with van der Waals surface area (Å²) >= 11 is 0. The van der Waals surface area contributed by atoms with Gasteiger partial charge in [-0.1, -0.05) is 45.4 Å². The minimum atomic E-state index is 0.150. The maximum absolute atomic E-state index is 9.30. The van der Waals surface area contributed by atoms with E-state index in [4.69, 9.17) is 0 Å².